The fourth-order valence-electron chi connectivity index (χ4n) is 2.61. The molecule has 2 aromatic rings. The van der Waals surface area contributed by atoms with E-state index in [1.807, 2.05) is 32.9 Å². The molecule has 0 atom stereocenters. The SMILES string of the molecule is COc1ccc(C(=O)OCC(=O)Nc2ccccc2C(C)(C)C)cc1[N+](=O)[O-]. The number of hydrogen-bond donors (Lipinski definition) is 1. The van der Waals surface area contributed by atoms with Gasteiger partial charge in [0.05, 0.1) is 17.6 Å². The molecule has 0 saturated carbocycles. The fraction of sp³-hybridized carbons (Fsp3) is 0.300. The van der Waals surface area contributed by atoms with Crippen molar-refractivity contribution in [2.24, 2.45) is 0 Å². The Morgan fingerprint density at radius 1 is 1.14 bits per heavy atom. The van der Waals surface area contributed by atoms with Crippen LogP contribution in [0.4, 0.5) is 11.4 Å². The number of nitro groups is 1. The molecule has 0 aliphatic heterocycles. The van der Waals surface area contributed by atoms with Crippen LogP contribution >= 0.6 is 0 Å². The summed E-state index contributed by atoms with van der Waals surface area (Å²) in [5.74, 6) is -1.32. The van der Waals surface area contributed by atoms with E-state index in [-0.39, 0.29) is 22.4 Å². The minimum absolute atomic E-state index is 0.0260. The maximum atomic E-state index is 12.2. The monoisotopic (exact) mass is 386 g/mol. The van der Waals surface area contributed by atoms with E-state index in [2.05, 4.69) is 5.32 Å². The normalized spacial score (nSPS) is 10.9. The van der Waals surface area contributed by atoms with E-state index in [0.29, 0.717) is 5.69 Å². The summed E-state index contributed by atoms with van der Waals surface area (Å²) in [6, 6.07) is 11.1. The number of ether oxygens (including phenoxy) is 2. The smallest absolute Gasteiger partial charge is 0.338 e. The van der Waals surface area contributed by atoms with Crippen LogP contribution in [-0.4, -0.2) is 30.5 Å². The number of hydrogen-bond acceptors (Lipinski definition) is 6. The third-order valence-corrected chi connectivity index (χ3v) is 3.95. The Labute approximate surface area is 162 Å². The van der Waals surface area contributed by atoms with E-state index in [1.165, 1.54) is 19.2 Å². The van der Waals surface area contributed by atoms with Gasteiger partial charge in [0.2, 0.25) is 0 Å². The fourth-order valence-corrected chi connectivity index (χ4v) is 2.61. The van der Waals surface area contributed by atoms with Gasteiger partial charge in [-0.25, -0.2) is 4.79 Å². The van der Waals surface area contributed by atoms with Crippen molar-refractivity contribution in [3.63, 3.8) is 0 Å². The summed E-state index contributed by atoms with van der Waals surface area (Å²) in [6.45, 7) is 5.55. The van der Waals surface area contributed by atoms with Gasteiger partial charge in [0, 0.05) is 11.8 Å². The number of methoxy groups -OCH3 is 1. The van der Waals surface area contributed by atoms with E-state index in [4.69, 9.17) is 9.47 Å². The highest BCUT2D eigenvalue weighted by molar-refractivity contribution is 5.96. The van der Waals surface area contributed by atoms with Crippen molar-refractivity contribution in [2.45, 2.75) is 26.2 Å². The van der Waals surface area contributed by atoms with Crippen molar-refractivity contribution in [3.8, 4) is 5.75 Å². The van der Waals surface area contributed by atoms with E-state index >= 15 is 0 Å². The van der Waals surface area contributed by atoms with E-state index < -0.39 is 23.4 Å². The standard InChI is InChI=1S/C20H22N2O6/c1-20(2,3)14-7-5-6-8-15(14)21-18(23)12-28-19(24)13-9-10-17(27-4)16(11-13)22(25)26/h5-11H,12H2,1-4H3,(H,21,23). The molecular weight excluding hydrogens is 364 g/mol. The molecule has 8 nitrogen and oxygen atoms in total. The van der Waals surface area contributed by atoms with Gasteiger partial charge in [-0.05, 0) is 29.2 Å². The van der Waals surface area contributed by atoms with Crippen molar-refractivity contribution in [1.82, 2.24) is 0 Å². The number of para-hydroxylation sites is 1. The Morgan fingerprint density at radius 2 is 1.82 bits per heavy atom. The number of nitrogens with zero attached hydrogens (tertiary/aromatic N) is 1. The Hall–Kier alpha value is -3.42. The summed E-state index contributed by atoms with van der Waals surface area (Å²) in [4.78, 5) is 34.7. The number of esters is 1. The van der Waals surface area contributed by atoms with Crippen molar-refractivity contribution in [3.05, 3.63) is 63.7 Å². The quantitative estimate of drug-likeness (QED) is 0.461. The zero-order valence-corrected chi connectivity index (χ0v) is 16.1. The molecule has 0 aromatic heterocycles. The lowest BCUT2D eigenvalue weighted by Crippen LogP contribution is -2.23. The first kappa shape index (κ1) is 20.9. The van der Waals surface area contributed by atoms with Crippen LogP contribution in [0.3, 0.4) is 0 Å². The summed E-state index contributed by atoms with van der Waals surface area (Å²) in [7, 11) is 1.29. The second-order valence-electron chi connectivity index (χ2n) is 7.06. The summed E-state index contributed by atoms with van der Waals surface area (Å²) < 4.78 is 9.87. The summed E-state index contributed by atoms with van der Waals surface area (Å²) in [5.41, 5.74) is 0.996. The van der Waals surface area contributed by atoms with E-state index in [0.717, 1.165) is 11.6 Å². The molecule has 0 unspecified atom stereocenters. The Kier molecular flexibility index (Phi) is 6.35. The summed E-state index contributed by atoms with van der Waals surface area (Å²) in [5, 5.41) is 13.8. The van der Waals surface area contributed by atoms with Gasteiger partial charge in [0.25, 0.3) is 5.91 Å². The minimum Gasteiger partial charge on any atom is -0.490 e. The van der Waals surface area contributed by atoms with Crippen molar-refractivity contribution in [2.75, 3.05) is 19.0 Å². The van der Waals surface area contributed by atoms with Gasteiger partial charge in [0.1, 0.15) is 0 Å². The topological polar surface area (TPSA) is 108 Å². The molecule has 1 N–H and O–H groups in total. The number of anilines is 1. The molecule has 1 amide bonds. The average molecular weight is 386 g/mol. The first-order valence-electron chi connectivity index (χ1n) is 8.52. The summed E-state index contributed by atoms with van der Waals surface area (Å²) >= 11 is 0. The van der Waals surface area contributed by atoms with Crippen LogP contribution in [-0.2, 0) is 14.9 Å². The first-order valence-corrected chi connectivity index (χ1v) is 8.52. The number of amides is 1. The molecule has 0 aliphatic carbocycles. The van der Waals surface area contributed by atoms with E-state index in [1.54, 1.807) is 12.1 Å². The molecule has 0 heterocycles. The lowest BCUT2D eigenvalue weighted by atomic mass is 9.86. The Balaban J connectivity index is 2.05. The zero-order chi connectivity index (χ0) is 20.9. The molecule has 28 heavy (non-hydrogen) atoms. The predicted molar refractivity (Wildman–Crippen MR) is 104 cm³/mol. The number of benzene rings is 2. The van der Waals surface area contributed by atoms with Gasteiger partial charge in [-0.2, -0.15) is 0 Å². The number of carbonyl (C=O) groups is 2. The Morgan fingerprint density at radius 3 is 2.43 bits per heavy atom. The van der Waals surface area contributed by atoms with Gasteiger partial charge < -0.3 is 14.8 Å². The van der Waals surface area contributed by atoms with Gasteiger partial charge in [-0.3, -0.25) is 14.9 Å². The number of rotatable bonds is 6. The van der Waals surface area contributed by atoms with Crippen LogP contribution in [0.1, 0.15) is 36.7 Å². The second-order valence-corrected chi connectivity index (χ2v) is 7.06. The minimum atomic E-state index is -0.843. The molecule has 0 bridgehead atoms. The Bertz CT molecular complexity index is 902. The molecular formula is C20H22N2O6. The molecule has 2 rings (SSSR count). The number of carbonyl (C=O) groups excluding carboxylic acids is 2. The average Bonchev–Trinajstić information content (AvgIpc) is 2.65. The van der Waals surface area contributed by atoms with Crippen LogP contribution in [0.2, 0.25) is 0 Å². The molecule has 148 valence electrons. The highest BCUT2D eigenvalue weighted by Crippen LogP contribution is 2.29. The predicted octanol–water partition coefficient (Wildman–Crippen LogP) is 3.70. The first-order chi connectivity index (χ1) is 13.1. The maximum Gasteiger partial charge on any atom is 0.338 e. The van der Waals surface area contributed by atoms with Crippen molar-refractivity contribution < 1.29 is 24.0 Å². The second kappa shape index (κ2) is 8.51. The molecule has 8 heteroatoms. The van der Waals surface area contributed by atoms with Crippen LogP contribution in [0, 0.1) is 10.1 Å². The number of nitrogens with one attached hydrogen (secondary N) is 1. The lowest BCUT2D eigenvalue weighted by molar-refractivity contribution is -0.385. The van der Waals surface area contributed by atoms with Crippen LogP contribution < -0.4 is 10.1 Å². The highest BCUT2D eigenvalue weighted by atomic mass is 16.6. The third kappa shape index (κ3) is 5.06. The van der Waals surface area contributed by atoms with Crippen LogP contribution in [0.5, 0.6) is 5.75 Å². The molecule has 0 spiro atoms. The molecule has 0 aliphatic rings. The third-order valence-electron chi connectivity index (χ3n) is 3.95. The van der Waals surface area contributed by atoms with Gasteiger partial charge in [-0.15, -0.1) is 0 Å². The zero-order valence-electron chi connectivity index (χ0n) is 16.1. The molecule has 0 fully saturated rings. The van der Waals surface area contributed by atoms with Crippen molar-refractivity contribution in [1.29, 1.82) is 0 Å². The van der Waals surface area contributed by atoms with Crippen LogP contribution in [0.15, 0.2) is 42.5 Å². The van der Waals surface area contributed by atoms with Gasteiger partial charge in [-0.1, -0.05) is 39.0 Å². The number of nitro benzene ring substituents is 1. The van der Waals surface area contributed by atoms with E-state index in [9.17, 15) is 19.7 Å². The summed E-state index contributed by atoms with van der Waals surface area (Å²) in [6.07, 6.45) is 0. The van der Waals surface area contributed by atoms with Gasteiger partial charge >= 0.3 is 11.7 Å². The highest BCUT2D eigenvalue weighted by Gasteiger charge is 2.21. The molecule has 0 radical (unpaired) electrons. The molecule has 0 saturated heterocycles. The molecule has 2 aromatic carbocycles. The van der Waals surface area contributed by atoms with Gasteiger partial charge in [0.15, 0.2) is 12.4 Å². The maximum absolute atomic E-state index is 12.2. The van der Waals surface area contributed by atoms with Crippen LogP contribution in [0.25, 0.3) is 0 Å². The lowest BCUT2D eigenvalue weighted by Gasteiger charge is -2.22. The largest absolute Gasteiger partial charge is 0.490 e. The van der Waals surface area contributed by atoms with Crippen molar-refractivity contribution >= 4 is 23.3 Å².